The third-order valence-electron chi connectivity index (χ3n) is 3.17. The van der Waals surface area contributed by atoms with Gasteiger partial charge in [0.05, 0.1) is 12.8 Å². The Labute approximate surface area is 117 Å². The van der Waals surface area contributed by atoms with Gasteiger partial charge in [0.2, 0.25) is 0 Å². The van der Waals surface area contributed by atoms with E-state index in [-0.39, 0.29) is 0 Å². The molecule has 0 spiro atoms. The van der Waals surface area contributed by atoms with Crippen LogP contribution in [0.15, 0.2) is 41.0 Å². The number of H-pyrrole nitrogens is 1. The zero-order valence-corrected chi connectivity index (χ0v) is 11.5. The summed E-state index contributed by atoms with van der Waals surface area (Å²) in [6.07, 6.45) is 1.71. The monoisotopic (exact) mass is 268 g/mol. The molecule has 0 fully saturated rings. The zero-order valence-electron chi connectivity index (χ0n) is 11.5. The van der Waals surface area contributed by atoms with Crippen molar-refractivity contribution in [3.63, 3.8) is 0 Å². The number of aromatic nitrogens is 3. The van der Waals surface area contributed by atoms with Gasteiger partial charge >= 0.3 is 0 Å². The van der Waals surface area contributed by atoms with E-state index in [1.165, 1.54) is 0 Å². The van der Waals surface area contributed by atoms with E-state index in [1.807, 2.05) is 44.2 Å². The van der Waals surface area contributed by atoms with E-state index in [9.17, 15) is 0 Å². The summed E-state index contributed by atoms with van der Waals surface area (Å²) >= 11 is 0. The quantitative estimate of drug-likeness (QED) is 0.762. The smallest absolute Gasteiger partial charge is 0.183 e. The van der Waals surface area contributed by atoms with Crippen molar-refractivity contribution in [1.29, 1.82) is 0 Å². The number of hydrogen-bond donors (Lipinski definition) is 2. The normalized spacial score (nSPS) is 10.7. The SMILES string of the molecule is Cc1nc(-c2ccccc2NCc2occc2C)n[nH]1. The van der Waals surface area contributed by atoms with E-state index in [2.05, 4.69) is 20.5 Å². The first-order valence-corrected chi connectivity index (χ1v) is 6.49. The Bertz CT molecular complexity index is 714. The number of benzene rings is 1. The minimum atomic E-state index is 0.638. The number of hydrogen-bond acceptors (Lipinski definition) is 4. The van der Waals surface area contributed by atoms with Gasteiger partial charge in [0.1, 0.15) is 11.6 Å². The van der Waals surface area contributed by atoms with Crippen molar-refractivity contribution in [2.24, 2.45) is 0 Å². The highest BCUT2D eigenvalue weighted by Gasteiger charge is 2.09. The van der Waals surface area contributed by atoms with Crippen molar-refractivity contribution in [3.05, 3.63) is 53.7 Å². The first kappa shape index (κ1) is 12.5. The van der Waals surface area contributed by atoms with E-state index < -0.39 is 0 Å². The minimum Gasteiger partial charge on any atom is -0.467 e. The fourth-order valence-electron chi connectivity index (χ4n) is 2.06. The van der Waals surface area contributed by atoms with Gasteiger partial charge in [0, 0.05) is 11.3 Å². The molecule has 5 nitrogen and oxygen atoms in total. The standard InChI is InChI=1S/C15H16N4O/c1-10-7-8-20-14(10)9-16-13-6-4-3-5-12(13)15-17-11(2)18-19-15/h3-8,16H,9H2,1-2H3,(H,17,18,19). The van der Waals surface area contributed by atoms with Crippen LogP contribution in [0.1, 0.15) is 17.1 Å². The van der Waals surface area contributed by atoms with E-state index >= 15 is 0 Å². The molecule has 20 heavy (non-hydrogen) atoms. The Balaban J connectivity index is 1.85. The van der Waals surface area contributed by atoms with Crippen LogP contribution in [0.5, 0.6) is 0 Å². The lowest BCUT2D eigenvalue weighted by atomic mass is 10.1. The third kappa shape index (κ3) is 2.42. The topological polar surface area (TPSA) is 66.7 Å². The number of rotatable bonds is 4. The predicted octanol–water partition coefficient (Wildman–Crippen LogP) is 3.29. The van der Waals surface area contributed by atoms with Gasteiger partial charge in [0.15, 0.2) is 5.82 Å². The molecule has 3 aromatic rings. The first-order chi connectivity index (χ1) is 9.74. The van der Waals surface area contributed by atoms with Crippen molar-refractivity contribution in [2.45, 2.75) is 20.4 Å². The van der Waals surface area contributed by atoms with Gasteiger partial charge in [-0.1, -0.05) is 12.1 Å². The van der Waals surface area contributed by atoms with Crippen molar-refractivity contribution in [3.8, 4) is 11.4 Å². The molecule has 3 rings (SSSR count). The second-order valence-electron chi connectivity index (χ2n) is 4.67. The number of anilines is 1. The lowest BCUT2D eigenvalue weighted by Crippen LogP contribution is -2.01. The molecule has 2 aromatic heterocycles. The van der Waals surface area contributed by atoms with Crippen LogP contribution in [0.25, 0.3) is 11.4 Å². The Kier molecular flexibility index (Phi) is 3.25. The maximum atomic E-state index is 5.44. The number of aryl methyl sites for hydroxylation is 2. The molecule has 5 heteroatoms. The van der Waals surface area contributed by atoms with Crippen molar-refractivity contribution in [1.82, 2.24) is 15.2 Å². The molecule has 0 atom stereocenters. The van der Waals surface area contributed by atoms with Crippen molar-refractivity contribution >= 4 is 5.69 Å². The van der Waals surface area contributed by atoms with Crippen molar-refractivity contribution < 1.29 is 4.42 Å². The first-order valence-electron chi connectivity index (χ1n) is 6.49. The van der Waals surface area contributed by atoms with Crippen LogP contribution < -0.4 is 5.32 Å². The zero-order chi connectivity index (χ0) is 13.9. The van der Waals surface area contributed by atoms with Gasteiger partial charge in [-0.3, -0.25) is 5.10 Å². The van der Waals surface area contributed by atoms with Gasteiger partial charge in [-0.15, -0.1) is 0 Å². The fraction of sp³-hybridized carbons (Fsp3) is 0.200. The Morgan fingerprint density at radius 2 is 2.05 bits per heavy atom. The molecule has 0 aliphatic rings. The highest BCUT2D eigenvalue weighted by molar-refractivity contribution is 5.73. The summed E-state index contributed by atoms with van der Waals surface area (Å²) in [6, 6.07) is 9.94. The van der Waals surface area contributed by atoms with Crippen LogP contribution in [0.4, 0.5) is 5.69 Å². The maximum Gasteiger partial charge on any atom is 0.183 e. The largest absolute Gasteiger partial charge is 0.467 e. The van der Waals surface area contributed by atoms with Crippen LogP contribution >= 0.6 is 0 Å². The van der Waals surface area contributed by atoms with Crippen LogP contribution in [0.3, 0.4) is 0 Å². The fourth-order valence-corrected chi connectivity index (χ4v) is 2.06. The summed E-state index contributed by atoms with van der Waals surface area (Å²) in [7, 11) is 0. The molecule has 0 amide bonds. The molecule has 0 unspecified atom stereocenters. The summed E-state index contributed by atoms with van der Waals surface area (Å²) in [4.78, 5) is 4.37. The van der Waals surface area contributed by atoms with Crippen molar-refractivity contribution in [2.75, 3.05) is 5.32 Å². The van der Waals surface area contributed by atoms with Gasteiger partial charge in [0.25, 0.3) is 0 Å². The average molecular weight is 268 g/mol. The summed E-state index contributed by atoms with van der Waals surface area (Å²) in [5.41, 5.74) is 3.10. The van der Waals surface area contributed by atoms with E-state index in [1.54, 1.807) is 6.26 Å². The summed E-state index contributed by atoms with van der Waals surface area (Å²) < 4.78 is 5.44. The molecule has 0 saturated carbocycles. The lowest BCUT2D eigenvalue weighted by molar-refractivity contribution is 0.515. The average Bonchev–Trinajstić information content (AvgIpc) is 3.06. The minimum absolute atomic E-state index is 0.638. The lowest BCUT2D eigenvalue weighted by Gasteiger charge is -2.09. The number of furan rings is 1. The highest BCUT2D eigenvalue weighted by atomic mass is 16.3. The molecule has 0 aliphatic carbocycles. The molecule has 0 radical (unpaired) electrons. The third-order valence-corrected chi connectivity index (χ3v) is 3.17. The van der Waals surface area contributed by atoms with E-state index in [4.69, 9.17) is 4.42 Å². The van der Waals surface area contributed by atoms with Gasteiger partial charge in [-0.2, -0.15) is 5.10 Å². The number of para-hydroxylation sites is 1. The van der Waals surface area contributed by atoms with Crippen LogP contribution in [0, 0.1) is 13.8 Å². The maximum absolute atomic E-state index is 5.44. The molecule has 0 aliphatic heterocycles. The Morgan fingerprint density at radius 3 is 2.75 bits per heavy atom. The van der Waals surface area contributed by atoms with Gasteiger partial charge < -0.3 is 9.73 Å². The second-order valence-corrected chi connectivity index (χ2v) is 4.67. The van der Waals surface area contributed by atoms with Gasteiger partial charge in [-0.25, -0.2) is 4.98 Å². The summed E-state index contributed by atoms with van der Waals surface area (Å²) in [5.74, 6) is 2.43. The van der Waals surface area contributed by atoms with Crippen LogP contribution in [-0.4, -0.2) is 15.2 Å². The molecule has 0 bridgehead atoms. The number of nitrogens with one attached hydrogen (secondary N) is 2. The van der Waals surface area contributed by atoms with E-state index in [0.717, 1.165) is 28.4 Å². The van der Waals surface area contributed by atoms with E-state index in [0.29, 0.717) is 12.4 Å². The molecule has 102 valence electrons. The molecular formula is C15H16N4O. The predicted molar refractivity (Wildman–Crippen MR) is 77.3 cm³/mol. The highest BCUT2D eigenvalue weighted by Crippen LogP contribution is 2.25. The number of nitrogens with zero attached hydrogens (tertiary/aromatic N) is 2. The van der Waals surface area contributed by atoms with Gasteiger partial charge in [-0.05, 0) is 37.6 Å². The second kappa shape index (κ2) is 5.21. The molecule has 2 N–H and O–H groups in total. The molecule has 1 aromatic carbocycles. The molecule has 2 heterocycles. The summed E-state index contributed by atoms with van der Waals surface area (Å²) in [6.45, 7) is 4.56. The molecule has 0 saturated heterocycles. The number of aromatic amines is 1. The Hall–Kier alpha value is -2.56. The molecular weight excluding hydrogens is 252 g/mol. The van der Waals surface area contributed by atoms with Crippen LogP contribution in [-0.2, 0) is 6.54 Å². The Morgan fingerprint density at radius 1 is 1.20 bits per heavy atom. The summed E-state index contributed by atoms with van der Waals surface area (Å²) in [5, 5.41) is 10.5. The van der Waals surface area contributed by atoms with Crippen LogP contribution in [0.2, 0.25) is 0 Å².